The lowest BCUT2D eigenvalue weighted by Gasteiger charge is -2.23. The summed E-state index contributed by atoms with van der Waals surface area (Å²) in [5.41, 5.74) is 2.13. The quantitative estimate of drug-likeness (QED) is 0.444. The Balaban J connectivity index is 2.82. The molecule has 0 amide bonds. The molecular formula is C14H16O3. The Morgan fingerprint density at radius 1 is 1.35 bits per heavy atom. The summed E-state index contributed by atoms with van der Waals surface area (Å²) >= 11 is 0. The van der Waals surface area contributed by atoms with Gasteiger partial charge in [0.15, 0.2) is 5.78 Å². The number of benzene rings is 1. The fourth-order valence-corrected chi connectivity index (χ4v) is 2.54. The first-order valence-corrected chi connectivity index (χ1v) is 5.70. The van der Waals surface area contributed by atoms with Crippen LogP contribution in [0.25, 0.3) is 0 Å². The van der Waals surface area contributed by atoms with E-state index in [0.29, 0.717) is 17.5 Å². The van der Waals surface area contributed by atoms with Gasteiger partial charge in [0.25, 0.3) is 0 Å². The average molecular weight is 232 g/mol. The number of carbonyl (C=O) groups is 1. The van der Waals surface area contributed by atoms with Crippen molar-refractivity contribution in [3.05, 3.63) is 34.4 Å². The summed E-state index contributed by atoms with van der Waals surface area (Å²) in [7, 11) is 0. The normalized spacial score (nSPS) is 17.9. The lowest BCUT2D eigenvalue weighted by atomic mass is 9.83. The molecule has 0 aliphatic heterocycles. The number of phenols is 2. The first-order chi connectivity index (χ1) is 7.95. The summed E-state index contributed by atoms with van der Waals surface area (Å²) in [6.45, 7) is 5.00. The number of aromatic hydroxyl groups is 2. The van der Waals surface area contributed by atoms with Crippen LogP contribution in [0.2, 0.25) is 0 Å². The molecule has 3 heteroatoms. The fraction of sp³-hybridized carbons (Fsp3) is 0.357. The van der Waals surface area contributed by atoms with E-state index in [1.165, 1.54) is 6.92 Å². The highest BCUT2D eigenvalue weighted by Crippen LogP contribution is 2.43. The van der Waals surface area contributed by atoms with E-state index in [1.807, 2.05) is 19.1 Å². The number of hydrogen-bond acceptors (Lipinski definition) is 3. The highest BCUT2D eigenvalue weighted by molar-refractivity contribution is 5.99. The van der Waals surface area contributed by atoms with E-state index >= 15 is 0 Å². The molecular weight excluding hydrogens is 216 g/mol. The van der Waals surface area contributed by atoms with Crippen LogP contribution in [0.15, 0.2) is 12.2 Å². The smallest absolute Gasteiger partial charge is 0.163 e. The molecule has 3 nitrogen and oxygen atoms in total. The fourth-order valence-electron chi connectivity index (χ4n) is 2.54. The molecule has 0 bridgehead atoms. The number of allylic oxidation sites excluding steroid dienone is 2. The molecule has 0 heterocycles. The maximum atomic E-state index is 11.5. The number of Topliss-reactive ketones (excluding diaryl/α,β-unsaturated/α-hetero) is 1. The lowest BCUT2D eigenvalue weighted by Crippen LogP contribution is -2.08. The maximum Gasteiger partial charge on any atom is 0.163 e. The molecule has 1 aromatic carbocycles. The van der Waals surface area contributed by atoms with E-state index in [2.05, 4.69) is 0 Å². The van der Waals surface area contributed by atoms with Crippen LogP contribution in [0.1, 0.15) is 46.8 Å². The van der Waals surface area contributed by atoms with E-state index in [9.17, 15) is 15.0 Å². The van der Waals surface area contributed by atoms with Crippen molar-refractivity contribution in [2.45, 2.75) is 33.1 Å². The number of ketones is 1. The zero-order valence-electron chi connectivity index (χ0n) is 10.2. The summed E-state index contributed by atoms with van der Waals surface area (Å²) < 4.78 is 0. The van der Waals surface area contributed by atoms with E-state index in [0.717, 1.165) is 5.56 Å². The van der Waals surface area contributed by atoms with Crippen molar-refractivity contribution in [1.82, 2.24) is 0 Å². The third-order valence-corrected chi connectivity index (χ3v) is 3.39. The van der Waals surface area contributed by atoms with Gasteiger partial charge in [0.2, 0.25) is 0 Å². The highest BCUT2D eigenvalue weighted by Gasteiger charge is 2.26. The predicted octanol–water partition coefficient (Wildman–Crippen LogP) is 2.82. The van der Waals surface area contributed by atoms with Crippen molar-refractivity contribution in [2.75, 3.05) is 0 Å². The van der Waals surface area contributed by atoms with Gasteiger partial charge in [-0.05, 0) is 20.3 Å². The van der Waals surface area contributed by atoms with Gasteiger partial charge in [-0.2, -0.15) is 0 Å². The van der Waals surface area contributed by atoms with Crippen LogP contribution in [-0.2, 0) is 6.42 Å². The van der Waals surface area contributed by atoms with Crippen LogP contribution < -0.4 is 0 Å². The van der Waals surface area contributed by atoms with Gasteiger partial charge in [-0.1, -0.05) is 19.1 Å². The summed E-state index contributed by atoms with van der Waals surface area (Å²) in [5, 5.41) is 20.3. The Kier molecular flexibility index (Phi) is 2.69. The zero-order valence-corrected chi connectivity index (χ0v) is 10.2. The zero-order chi connectivity index (χ0) is 12.7. The minimum absolute atomic E-state index is 0.0170. The Hall–Kier alpha value is -1.77. The summed E-state index contributed by atoms with van der Waals surface area (Å²) in [6.07, 6.45) is 4.54. The number of rotatable bonds is 1. The second-order valence-electron chi connectivity index (χ2n) is 4.57. The second kappa shape index (κ2) is 3.91. The molecule has 2 rings (SSSR count). The summed E-state index contributed by atoms with van der Waals surface area (Å²) in [4.78, 5) is 11.5. The third-order valence-electron chi connectivity index (χ3n) is 3.39. The van der Waals surface area contributed by atoms with Gasteiger partial charge in [0.1, 0.15) is 11.5 Å². The van der Waals surface area contributed by atoms with Crippen molar-refractivity contribution < 1.29 is 15.0 Å². The monoisotopic (exact) mass is 232 g/mol. The molecule has 0 fully saturated rings. The van der Waals surface area contributed by atoms with Crippen LogP contribution in [0.5, 0.6) is 11.5 Å². The number of fused-ring (bicyclic) bond motifs is 1. The van der Waals surface area contributed by atoms with Gasteiger partial charge < -0.3 is 10.2 Å². The van der Waals surface area contributed by atoms with Crippen LogP contribution in [0.3, 0.4) is 0 Å². The molecule has 0 radical (unpaired) electrons. The summed E-state index contributed by atoms with van der Waals surface area (Å²) in [6, 6.07) is 0. The average Bonchev–Trinajstić information content (AvgIpc) is 2.25. The topological polar surface area (TPSA) is 57.5 Å². The van der Waals surface area contributed by atoms with E-state index in [1.54, 1.807) is 6.92 Å². The van der Waals surface area contributed by atoms with Gasteiger partial charge in [0, 0.05) is 22.6 Å². The maximum absolute atomic E-state index is 11.5. The van der Waals surface area contributed by atoms with Gasteiger partial charge in [-0.3, -0.25) is 4.79 Å². The molecule has 1 aromatic rings. The minimum atomic E-state index is -0.222. The second-order valence-corrected chi connectivity index (χ2v) is 4.57. The molecule has 1 aliphatic rings. The Morgan fingerprint density at radius 2 is 2.00 bits per heavy atom. The van der Waals surface area contributed by atoms with Crippen molar-refractivity contribution in [3.63, 3.8) is 0 Å². The Morgan fingerprint density at radius 3 is 2.59 bits per heavy atom. The standard InChI is InChI=1S/C14H16O3/c1-7-5-4-6-10-11(7)14(17)12(9(3)15)8(2)13(10)16/h4-5,7,16-17H,6H2,1-3H3. The van der Waals surface area contributed by atoms with Crippen LogP contribution in [0, 0.1) is 6.92 Å². The molecule has 0 aromatic heterocycles. The first kappa shape index (κ1) is 11.7. The largest absolute Gasteiger partial charge is 0.507 e. The molecule has 1 unspecified atom stereocenters. The van der Waals surface area contributed by atoms with Crippen LogP contribution in [0.4, 0.5) is 0 Å². The lowest BCUT2D eigenvalue weighted by molar-refractivity contribution is 0.101. The van der Waals surface area contributed by atoms with Gasteiger partial charge in [0.05, 0.1) is 5.56 Å². The molecule has 0 spiro atoms. The van der Waals surface area contributed by atoms with Crippen LogP contribution in [-0.4, -0.2) is 16.0 Å². The van der Waals surface area contributed by atoms with Crippen molar-refractivity contribution in [3.8, 4) is 11.5 Å². The molecule has 0 saturated heterocycles. The van der Waals surface area contributed by atoms with E-state index in [4.69, 9.17) is 0 Å². The highest BCUT2D eigenvalue weighted by atomic mass is 16.3. The number of carbonyl (C=O) groups excluding carboxylic acids is 1. The minimum Gasteiger partial charge on any atom is -0.507 e. The molecule has 2 N–H and O–H groups in total. The molecule has 90 valence electrons. The molecule has 17 heavy (non-hydrogen) atoms. The predicted molar refractivity (Wildman–Crippen MR) is 65.8 cm³/mol. The van der Waals surface area contributed by atoms with E-state index in [-0.39, 0.29) is 28.8 Å². The summed E-state index contributed by atoms with van der Waals surface area (Å²) in [5.74, 6) is -0.0398. The van der Waals surface area contributed by atoms with Crippen molar-refractivity contribution in [1.29, 1.82) is 0 Å². The molecule has 1 aliphatic carbocycles. The van der Waals surface area contributed by atoms with Gasteiger partial charge in [-0.25, -0.2) is 0 Å². The Bertz CT molecular complexity index is 527. The SMILES string of the molecule is CC(=O)c1c(C)c(O)c2c(c1O)C(C)C=CC2. The number of hydrogen-bond donors (Lipinski definition) is 2. The first-order valence-electron chi connectivity index (χ1n) is 5.70. The Labute approximate surface area is 100 Å². The van der Waals surface area contributed by atoms with Gasteiger partial charge in [-0.15, -0.1) is 0 Å². The van der Waals surface area contributed by atoms with Gasteiger partial charge >= 0.3 is 0 Å². The molecule has 0 saturated carbocycles. The van der Waals surface area contributed by atoms with Crippen molar-refractivity contribution in [2.24, 2.45) is 0 Å². The molecule has 1 atom stereocenters. The van der Waals surface area contributed by atoms with Crippen molar-refractivity contribution >= 4 is 5.78 Å². The third kappa shape index (κ3) is 1.62. The van der Waals surface area contributed by atoms with E-state index < -0.39 is 0 Å². The number of phenolic OH excluding ortho intramolecular Hbond substituents is 2. The van der Waals surface area contributed by atoms with Crippen LogP contribution >= 0.6 is 0 Å².